The van der Waals surface area contributed by atoms with Gasteiger partial charge in [0.25, 0.3) is 0 Å². The highest BCUT2D eigenvalue weighted by molar-refractivity contribution is 7.80. The van der Waals surface area contributed by atoms with Gasteiger partial charge in [-0.1, -0.05) is 11.6 Å². The molecule has 0 aliphatic carbocycles. The first-order chi connectivity index (χ1) is 8.74. The van der Waals surface area contributed by atoms with Crippen molar-refractivity contribution in [1.29, 1.82) is 0 Å². The smallest absolute Gasteiger partial charge is 0.217 e. The number of hydrogen-bond donors (Lipinski definition) is 0. The minimum Gasteiger partial charge on any atom is -0.726 e. The molecule has 0 N–H and O–H groups in total. The zero-order chi connectivity index (χ0) is 14.6. The second-order valence-electron chi connectivity index (χ2n) is 3.81. The maximum absolute atomic E-state index is 9.22. The van der Waals surface area contributed by atoms with E-state index in [0.29, 0.717) is 0 Å². The SMILES string of the molecule is COS(=O)(=O)[O-].Cc1ccc2cc(Cl)ccc2[n+]1C. The molecule has 0 unspecified atom stereocenters. The van der Waals surface area contributed by atoms with Gasteiger partial charge in [-0.2, -0.15) is 4.57 Å². The predicted molar refractivity (Wildman–Crippen MR) is 71.6 cm³/mol. The highest BCUT2D eigenvalue weighted by atomic mass is 35.5. The van der Waals surface area contributed by atoms with Crippen LogP contribution < -0.4 is 4.57 Å². The molecule has 1 heterocycles. The Morgan fingerprint density at radius 3 is 2.37 bits per heavy atom. The summed E-state index contributed by atoms with van der Waals surface area (Å²) in [6.07, 6.45) is 0. The quantitative estimate of drug-likeness (QED) is 0.457. The van der Waals surface area contributed by atoms with Crippen LogP contribution in [-0.2, 0) is 21.6 Å². The van der Waals surface area contributed by atoms with Crippen molar-refractivity contribution >= 4 is 32.9 Å². The van der Waals surface area contributed by atoms with Gasteiger partial charge in [-0.05, 0) is 18.2 Å². The first-order valence-corrected chi connectivity index (χ1v) is 7.02. The Kier molecular flexibility index (Phi) is 5.25. The van der Waals surface area contributed by atoms with Crippen LogP contribution in [0.5, 0.6) is 0 Å². The third-order valence-electron chi connectivity index (χ3n) is 2.59. The maximum atomic E-state index is 9.22. The molecule has 7 heteroatoms. The van der Waals surface area contributed by atoms with E-state index in [2.05, 4.69) is 34.9 Å². The van der Waals surface area contributed by atoms with Crippen molar-refractivity contribution in [2.24, 2.45) is 7.05 Å². The fraction of sp³-hybridized carbons (Fsp3) is 0.250. The summed E-state index contributed by atoms with van der Waals surface area (Å²) < 4.78 is 33.2. The zero-order valence-corrected chi connectivity index (χ0v) is 12.3. The number of hydrogen-bond acceptors (Lipinski definition) is 4. The molecule has 0 amide bonds. The van der Waals surface area contributed by atoms with E-state index in [-0.39, 0.29) is 0 Å². The molecular formula is C12H14ClNO4S. The number of pyridine rings is 1. The third kappa shape index (κ3) is 4.76. The van der Waals surface area contributed by atoms with Crippen molar-refractivity contribution in [1.82, 2.24) is 0 Å². The Labute approximate surface area is 117 Å². The van der Waals surface area contributed by atoms with Gasteiger partial charge in [0.15, 0.2) is 5.69 Å². The highest BCUT2D eigenvalue weighted by Gasteiger charge is 2.06. The molecule has 104 valence electrons. The Hall–Kier alpha value is -1.21. The molecule has 0 bridgehead atoms. The van der Waals surface area contributed by atoms with Gasteiger partial charge in [-0.3, -0.25) is 4.18 Å². The largest absolute Gasteiger partial charge is 0.726 e. The summed E-state index contributed by atoms with van der Waals surface area (Å²) in [5.41, 5.74) is 2.46. The van der Waals surface area contributed by atoms with Gasteiger partial charge in [0.2, 0.25) is 15.9 Å². The number of rotatable bonds is 1. The van der Waals surface area contributed by atoms with Crippen molar-refractivity contribution in [3.05, 3.63) is 41.0 Å². The van der Waals surface area contributed by atoms with Gasteiger partial charge in [0.05, 0.1) is 7.11 Å². The second-order valence-corrected chi connectivity index (χ2v) is 5.40. The number of benzene rings is 1. The second kappa shape index (κ2) is 6.29. The molecule has 0 fully saturated rings. The molecule has 1 aromatic carbocycles. The van der Waals surface area contributed by atoms with Crippen LogP contribution in [-0.4, -0.2) is 20.1 Å². The van der Waals surface area contributed by atoms with Crippen LogP contribution in [0.15, 0.2) is 30.3 Å². The minimum absolute atomic E-state index is 0.788. The average molecular weight is 304 g/mol. The molecule has 0 atom stereocenters. The van der Waals surface area contributed by atoms with Gasteiger partial charge in [0.1, 0.15) is 7.05 Å². The number of aryl methyl sites for hydroxylation is 2. The van der Waals surface area contributed by atoms with Crippen LogP contribution >= 0.6 is 11.6 Å². The van der Waals surface area contributed by atoms with Gasteiger partial charge >= 0.3 is 0 Å². The minimum atomic E-state index is -4.41. The standard InChI is InChI=1S/C11H11ClN.CH4O4S/c1-8-3-4-9-7-10(12)5-6-11(9)13(8)2;1-5-6(2,3)4/h3-7H,1-2H3;1H3,(H,2,3,4)/q+1;/p-1. The molecule has 0 saturated heterocycles. The molecule has 2 rings (SSSR count). The van der Waals surface area contributed by atoms with Crippen LogP contribution in [0.4, 0.5) is 0 Å². The first-order valence-electron chi connectivity index (χ1n) is 5.31. The van der Waals surface area contributed by atoms with Crippen molar-refractivity contribution in [2.75, 3.05) is 7.11 Å². The molecular weight excluding hydrogens is 290 g/mol. The summed E-state index contributed by atoms with van der Waals surface area (Å²) in [6, 6.07) is 10.1. The average Bonchev–Trinajstić information content (AvgIpc) is 2.34. The monoisotopic (exact) mass is 303 g/mol. The van der Waals surface area contributed by atoms with Crippen molar-refractivity contribution in [3.63, 3.8) is 0 Å². The topological polar surface area (TPSA) is 70.3 Å². The first kappa shape index (κ1) is 15.8. The number of nitrogens with zero attached hydrogens (tertiary/aromatic N) is 1. The third-order valence-corrected chi connectivity index (χ3v) is 3.23. The van der Waals surface area contributed by atoms with E-state index >= 15 is 0 Å². The molecule has 2 aromatic rings. The summed E-state index contributed by atoms with van der Waals surface area (Å²) in [6.45, 7) is 2.09. The summed E-state index contributed by atoms with van der Waals surface area (Å²) in [5, 5.41) is 1.97. The maximum Gasteiger partial charge on any atom is 0.217 e. The predicted octanol–water partition coefficient (Wildman–Crippen LogP) is 1.72. The molecule has 5 nitrogen and oxygen atoms in total. The Bertz CT molecular complexity index is 685. The van der Waals surface area contributed by atoms with Crippen molar-refractivity contribution in [3.8, 4) is 0 Å². The molecule has 1 aromatic heterocycles. The van der Waals surface area contributed by atoms with Crippen LogP contribution in [0.2, 0.25) is 5.02 Å². The van der Waals surface area contributed by atoms with Crippen molar-refractivity contribution in [2.45, 2.75) is 6.92 Å². The van der Waals surface area contributed by atoms with E-state index in [1.165, 1.54) is 16.6 Å². The summed E-state index contributed by atoms with van der Waals surface area (Å²) in [5.74, 6) is 0. The molecule has 0 aliphatic rings. The lowest BCUT2D eigenvalue weighted by molar-refractivity contribution is -0.651. The van der Waals surface area contributed by atoms with Crippen molar-refractivity contribution < 1.29 is 21.7 Å². The molecule has 0 saturated carbocycles. The number of halogens is 1. The van der Waals surface area contributed by atoms with E-state index < -0.39 is 10.4 Å². The van der Waals surface area contributed by atoms with Gasteiger partial charge in [-0.25, -0.2) is 8.42 Å². The molecule has 0 spiro atoms. The zero-order valence-electron chi connectivity index (χ0n) is 10.8. The number of fused-ring (bicyclic) bond motifs is 1. The fourth-order valence-electron chi connectivity index (χ4n) is 1.48. The molecule has 19 heavy (non-hydrogen) atoms. The van der Waals surface area contributed by atoms with Gasteiger partial charge in [0, 0.05) is 29.5 Å². The van der Waals surface area contributed by atoms with E-state index in [1.807, 2.05) is 18.2 Å². The van der Waals surface area contributed by atoms with Crippen LogP contribution in [0, 0.1) is 6.92 Å². The van der Waals surface area contributed by atoms with E-state index in [9.17, 15) is 13.0 Å². The fourth-order valence-corrected chi connectivity index (χ4v) is 1.66. The lowest BCUT2D eigenvalue weighted by Gasteiger charge is -1.99. The van der Waals surface area contributed by atoms with Crippen LogP contribution in [0.25, 0.3) is 10.9 Å². The Balaban J connectivity index is 0.000000258. The van der Waals surface area contributed by atoms with Crippen LogP contribution in [0.3, 0.4) is 0 Å². The van der Waals surface area contributed by atoms with E-state index in [0.717, 1.165) is 12.1 Å². The molecule has 0 aliphatic heterocycles. The van der Waals surface area contributed by atoms with Gasteiger partial charge < -0.3 is 4.55 Å². The lowest BCUT2D eigenvalue weighted by atomic mass is 10.2. The summed E-state index contributed by atoms with van der Waals surface area (Å²) >= 11 is 5.90. The number of aromatic nitrogens is 1. The summed E-state index contributed by atoms with van der Waals surface area (Å²) in [7, 11) is -1.54. The Morgan fingerprint density at radius 1 is 1.26 bits per heavy atom. The van der Waals surface area contributed by atoms with E-state index in [1.54, 1.807) is 0 Å². The van der Waals surface area contributed by atoms with Crippen LogP contribution in [0.1, 0.15) is 5.69 Å². The van der Waals surface area contributed by atoms with Gasteiger partial charge in [-0.15, -0.1) is 0 Å². The lowest BCUT2D eigenvalue weighted by Crippen LogP contribution is -2.32. The summed E-state index contributed by atoms with van der Waals surface area (Å²) in [4.78, 5) is 0. The normalized spacial score (nSPS) is 11.0. The Morgan fingerprint density at radius 2 is 1.84 bits per heavy atom. The van der Waals surface area contributed by atoms with E-state index in [4.69, 9.17) is 11.6 Å². The highest BCUT2D eigenvalue weighted by Crippen LogP contribution is 2.16. The molecule has 0 radical (unpaired) electrons.